The molecular formula is C17H29ClN2O. The average molecular weight is 313 g/mol. The summed E-state index contributed by atoms with van der Waals surface area (Å²) in [4.78, 5) is 14.0. The highest BCUT2D eigenvalue weighted by molar-refractivity contribution is 5.85. The van der Waals surface area contributed by atoms with Gasteiger partial charge in [-0.2, -0.15) is 0 Å². The van der Waals surface area contributed by atoms with E-state index in [4.69, 9.17) is 5.73 Å². The zero-order chi connectivity index (χ0) is 15.1. The third-order valence-electron chi connectivity index (χ3n) is 3.93. The van der Waals surface area contributed by atoms with Gasteiger partial charge in [0.25, 0.3) is 0 Å². The van der Waals surface area contributed by atoms with Gasteiger partial charge in [-0.15, -0.1) is 12.4 Å². The van der Waals surface area contributed by atoms with Gasteiger partial charge in [0.2, 0.25) is 5.91 Å². The molecule has 1 aromatic rings. The molecule has 0 aliphatic heterocycles. The van der Waals surface area contributed by atoms with Gasteiger partial charge in [0, 0.05) is 26.1 Å². The van der Waals surface area contributed by atoms with Gasteiger partial charge in [-0.3, -0.25) is 4.79 Å². The first kappa shape index (κ1) is 19.9. The van der Waals surface area contributed by atoms with E-state index >= 15 is 0 Å². The Morgan fingerprint density at radius 1 is 1.19 bits per heavy atom. The van der Waals surface area contributed by atoms with Crippen LogP contribution < -0.4 is 5.73 Å². The molecule has 0 fully saturated rings. The summed E-state index contributed by atoms with van der Waals surface area (Å²) in [5.74, 6) is 0.906. The van der Waals surface area contributed by atoms with Crippen LogP contribution in [0.5, 0.6) is 0 Å². The monoisotopic (exact) mass is 312 g/mol. The van der Waals surface area contributed by atoms with Gasteiger partial charge < -0.3 is 10.6 Å². The Balaban J connectivity index is 0.00000400. The van der Waals surface area contributed by atoms with Gasteiger partial charge in [0.05, 0.1) is 0 Å². The van der Waals surface area contributed by atoms with Crippen LogP contribution in [0.25, 0.3) is 0 Å². The van der Waals surface area contributed by atoms with Gasteiger partial charge in [0.1, 0.15) is 0 Å². The lowest BCUT2D eigenvalue weighted by Gasteiger charge is -2.23. The molecule has 120 valence electrons. The number of carbonyl (C=O) groups excluding carboxylic acids is 1. The van der Waals surface area contributed by atoms with E-state index < -0.39 is 0 Å². The Kier molecular flexibility index (Phi) is 9.31. The lowest BCUT2D eigenvalue weighted by molar-refractivity contribution is -0.130. The first-order valence-corrected chi connectivity index (χ1v) is 7.46. The van der Waals surface area contributed by atoms with Crippen molar-refractivity contribution in [2.45, 2.75) is 45.6 Å². The second-order valence-corrected chi connectivity index (χ2v) is 6.03. The Morgan fingerprint density at radius 2 is 1.76 bits per heavy atom. The summed E-state index contributed by atoms with van der Waals surface area (Å²) in [5.41, 5.74) is 7.24. The zero-order valence-electron chi connectivity index (χ0n) is 13.6. The molecule has 2 atom stereocenters. The Labute approximate surface area is 135 Å². The van der Waals surface area contributed by atoms with Crippen LogP contribution in [-0.2, 0) is 4.79 Å². The number of nitrogens with two attached hydrogens (primary N) is 1. The molecule has 1 aromatic carbocycles. The summed E-state index contributed by atoms with van der Waals surface area (Å²) in [6, 6.07) is 10.3. The normalized spacial score (nSPS) is 13.4. The second kappa shape index (κ2) is 9.80. The largest absolute Gasteiger partial charge is 0.346 e. The third-order valence-corrected chi connectivity index (χ3v) is 3.93. The molecule has 2 unspecified atom stereocenters. The molecule has 0 aliphatic carbocycles. The number of hydrogen-bond acceptors (Lipinski definition) is 2. The van der Waals surface area contributed by atoms with Crippen LogP contribution in [0.1, 0.15) is 45.1 Å². The van der Waals surface area contributed by atoms with Gasteiger partial charge in [-0.1, -0.05) is 51.1 Å². The summed E-state index contributed by atoms with van der Waals surface area (Å²) in [5, 5.41) is 0. The van der Waals surface area contributed by atoms with Crippen molar-refractivity contribution in [3.05, 3.63) is 35.9 Å². The maximum absolute atomic E-state index is 12.2. The van der Waals surface area contributed by atoms with Crippen LogP contribution in [0, 0.1) is 5.92 Å². The maximum Gasteiger partial charge on any atom is 0.222 e. The zero-order valence-corrected chi connectivity index (χ0v) is 14.4. The summed E-state index contributed by atoms with van der Waals surface area (Å²) in [7, 11) is 1.87. The number of nitrogens with zero attached hydrogens (tertiary/aromatic N) is 1. The predicted octanol–water partition coefficient (Wildman–Crippen LogP) is 3.43. The molecule has 21 heavy (non-hydrogen) atoms. The number of rotatable bonds is 7. The van der Waals surface area contributed by atoms with Gasteiger partial charge in [0.15, 0.2) is 0 Å². The van der Waals surface area contributed by atoms with Crippen LogP contribution in [0.4, 0.5) is 0 Å². The number of halogens is 1. The standard InChI is InChI=1S/C17H28N2O.ClH/c1-13(2)16(18)10-11-19(4)17(20)12-14(3)15-8-6-5-7-9-15;/h5-9,13-14,16H,10-12,18H2,1-4H3;1H. The lowest BCUT2D eigenvalue weighted by Crippen LogP contribution is -2.35. The molecule has 2 N–H and O–H groups in total. The van der Waals surface area contributed by atoms with E-state index in [0.29, 0.717) is 12.3 Å². The third kappa shape index (κ3) is 6.96. The molecule has 0 spiro atoms. The van der Waals surface area contributed by atoms with E-state index in [2.05, 4.69) is 32.9 Å². The van der Waals surface area contributed by atoms with Crippen LogP contribution >= 0.6 is 12.4 Å². The first-order chi connectivity index (χ1) is 9.41. The molecule has 3 nitrogen and oxygen atoms in total. The van der Waals surface area contributed by atoms with Crippen molar-refractivity contribution >= 4 is 18.3 Å². The highest BCUT2D eigenvalue weighted by atomic mass is 35.5. The molecule has 1 amide bonds. The fraction of sp³-hybridized carbons (Fsp3) is 0.588. The van der Waals surface area contributed by atoms with Gasteiger partial charge >= 0.3 is 0 Å². The fourth-order valence-corrected chi connectivity index (χ4v) is 2.12. The number of amides is 1. The molecule has 4 heteroatoms. The van der Waals surface area contributed by atoms with E-state index in [1.165, 1.54) is 5.56 Å². The lowest BCUT2D eigenvalue weighted by atomic mass is 9.97. The van der Waals surface area contributed by atoms with Crippen molar-refractivity contribution in [1.29, 1.82) is 0 Å². The minimum atomic E-state index is 0. The topological polar surface area (TPSA) is 46.3 Å². The van der Waals surface area contributed by atoms with Crippen molar-refractivity contribution in [2.24, 2.45) is 11.7 Å². The molecule has 0 aromatic heterocycles. The minimum absolute atomic E-state index is 0. The van der Waals surface area contributed by atoms with Gasteiger partial charge in [-0.05, 0) is 23.8 Å². The van der Waals surface area contributed by atoms with E-state index in [9.17, 15) is 4.79 Å². The molecule has 0 radical (unpaired) electrons. The van der Waals surface area contributed by atoms with Crippen molar-refractivity contribution in [3.8, 4) is 0 Å². The molecule has 0 saturated carbocycles. The van der Waals surface area contributed by atoms with Crippen LogP contribution in [0.3, 0.4) is 0 Å². The predicted molar refractivity (Wildman–Crippen MR) is 91.8 cm³/mol. The highest BCUT2D eigenvalue weighted by Gasteiger charge is 2.16. The Morgan fingerprint density at radius 3 is 2.29 bits per heavy atom. The number of hydrogen-bond donors (Lipinski definition) is 1. The Bertz CT molecular complexity index is 409. The second-order valence-electron chi connectivity index (χ2n) is 6.03. The summed E-state index contributed by atoms with van der Waals surface area (Å²) in [6.45, 7) is 7.06. The fourth-order valence-electron chi connectivity index (χ4n) is 2.12. The van der Waals surface area contributed by atoms with Crippen LogP contribution in [0.15, 0.2) is 30.3 Å². The van der Waals surface area contributed by atoms with E-state index in [-0.39, 0.29) is 30.3 Å². The van der Waals surface area contributed by atoms with E-state index in [1.807, 2.05) is 30.1 Å². The summed E-state index contributed by atoms with van der Waals surface area (Å²) in [6.07, 6.45) is 1.41. The van der Waals surface area contributed by atoms with Crippen molar-refractivity contribution in [1.82, 2.24) is 4.90 Å². The molecule has 0 heterocycles. The van der Waals surface area contributed by atoms with E-state index in [0.717, 1.165) is 13.0 Å². The van der Waals surface area contributed by atoms with Gasteiger partial charge in [-0.25, -0.2) is 0 Å². The maximum atomic E-state index is 12.2. The van der Waals surface area contributed by atoms with E-state index in [1.54, 1.807) is 0 Å². The smallest absolute Gasteiger partial charge is 0.222 e. The number of carbonyl (C=O) groups is 1. The van der Waals surface area contributed by atoms with Crippen molar-refractivity contribution in [3.63, 3.8) is 0 Å². The average Bonchev–Trinajstić information content (AvgIpc) is 2.44. The SMILES string of the molecule is CC(CC(=O)N(C)CCC(N)C(C)C)c1ccccc1.Cl. The van der Waals surface area contributed by atoms with Crippen LogP contribution in [0.2, 0.25) is 0 Å². The molecule has 0 saturated heterocycles. The molecule has 0 bridgehead atoms. The molecule has 0 aliphatic rings. The Hall–Kier alpha value is -1.06. The summed E-state index contributed by atoms with van der Waals surface area (Å²) >= 11 is 0. The van der Waals surface area contributed by atoms with Crippen molar-refractivity contribution in [2.75, 3.05) is 13.6 Å². The minimum Gasteiger partial charge on any atom is -0.346 e. The molecular weight excluding hydrogens is 284 g/mol. The first-order valence-electron chi connectivity index (χ1n) is 7.46. The number of benzene rings is 1. The van der Waals surface area contributed by atoms with Crippen LogP contribution in [-0.4, -0.2) is 30.4 Å². The molecule has 1 rings (SSSR count). The summed E-state index contributed by atoms with van der Waals surface area (Å²) < 4.78 is 0. The quantitative estimate of drug-likeness (QED) is 0.838. The van der Waals surface area contributed by atoms with Crippen molar-refractivity contribution < 1.29 is 4.79 Å². The highest BCUT2D eigenvalue weighted by Crippen LogP contribution is 2.19.